The second-order valence-electron chi connectivity index (χ2n) is 7.96. The average Bonchev–Trinajstić information content (AvgIpc) is 3.45. The van der Waals surface area contributed by atoms with E-state index in [4.69, 9.17) is 14.2 Å². The van der Waals surface area contributed by atoms with E-state index >= 15 is 0 Å². The highest BCUT2D eigenvalue weighted by Crippen LogP contribution is 2.45. The molecule has 1 heterocycles. The van der Waals surface area contributed by atoms with Crippen LogP contribution in [0.4, 0.5) is 4.39 Å². The van der Waals surface area contributed by atoms with Crippen LogP contribution in [0.1, 0.15) is 35.7 Å². The number of aromatic amines is 1. The summed E-state index contributed by atoms with van der Waals surface area (Å²) in [6, 6.07) is 12.2. The average molecular weight is 463 g/mol. The molecule has 34 heavy (non-hydrogen) atoms. The van der Waals surface area contributed by atoms with Crippen LogP contribution >= 0.6 is 0 Å². The fourth-order valence-electron chi connectivity index (χ4n) is 4.23. The minimum absolute atomic E-state index is 0.131. The summed E-state index contributed by atoms with van der Waals surface area (Å²) in [6.07, 6.45) is 3.94. The molecule has 6 nitrogen and oxygen atoms in total. The Balaban J connectivity index is 1.71. The van der Waals surface area contributed by atoms with Gasteiger partial charge in [0.2, 0.25) is 11.7 Å². The largest absolute Gasteiger partial charge is 0.493 e. The molecular weight excluding hydrogens is 435 g/mol. The van der Waals surface area contributed by atoms with Crippen LogP contribution in [-0.4, -0.2) is 32.2 Å². The number of H-pyrrole nitrogens is 1. The van der Waals surface area contributed by atoms with E-state index in [0.717, 1.165) is 39.1 Å². The molecule has 1 aliphatic carbocycles. The predicted molar refractivity (Wildman–Crippen MR) is 130 cm³/mol. The quantitative estimate of drug-likeness (QED) is 0.482. The zero-order valence-corrected chi connectivity index (χ0v) is 19.6. The normalized spacial score (nSPS) is 13.7. The Morgan fingerprint density at radius 2 is 1.76 bits per heavy atom. The van der Waals surface area contributed by atoms with Crippen molar-refractivity contribution in [2.24, 2.45) is 0 Å². The first-order valence-corrected chi connectivity index (χ1v) is 10.9. The maximum absolute atomic E-state index is 14.2. The number of carbonyl (C=O) groups excluding carboxylic acids is 1. The Bertz CT molecular complexity index is 1250. The lowest BCUT2D eigenvalue weighted by Gasteiger charge is -2.13. The van der Waals surface area contributed by atoms with Crippen LogP contribution < -0.4 is 19.5 Å². The fourth-order valence-corrected chi connectivity index (χ4v) is 4.23. The molecule has 0 fully saturated rings. The topological polar surface area (TPSA) is 72.6 Å². The molecule has 2 aromatic carbocycles. The van der Waals surface area contributed by atoms with Crippen molar-refractivity contribution in [3.05, 3.63) is 82.4 Å². The number of methoxy groups -OCH3 is 3. The number of nitrogens with one attached hydrogen (secondary N) is 2. The van der Waals surface area contributed by atoms with Crippen LogP contribution in [0, 0.1) is 5.82 Å². The Labute approximate surface area is 198 Å². The molecule has 0 saturated heterocycles. The van der Waals surface area contributed by atoms with Gasteiger partial charge < -0.3 is 24.5 Å². The number of fused-ring (bicyclic) bond motifs is 1. The third-order valence-corrected chi connectivity index (χ3v) is 5.93. The van der Waals surface area contributed by atoms with Crippen molar-refractivity contribution < 1.29 is 23.4 Å². The molecular formula is C27H27FN2O4. The summed E-state index contributed by atoms with van der Waals surface area (Å²) in [6.45, 7) is 2.36. The molecule has 0 unspecified atom stereocenters. The van der Waals surface area contributed by atoms with Gasteiger partial charge in [-0.2, -0.15) is 0 Å². The molecule has 1 amide bonds. The van der Waals surface area contributed by atoms with Gasteiger partial charge in [0.15, 0.2) is 11.5 Å². The molecule has 0 atom stereocenters. The number of benzene rings is 2. The Hall–Kier alpha value is -4.00. The van der Waals surface area contributed by atoms with Crippen LogP contribution in [0.2, 0.25) is 0 Å². The van der Waals surface area contributed by atoms with Gasteiger partial charge in [0.25, 0.3) is 0 Å². The van der Waals surface area contributed by atoms with Crippen molar-refractivity contribution in [3.8, 4) is 17.2 Å². The number of halogens is 1. The lowest BCUT2D eigenvalue weighted by atomic mass is 10.00. The number of aromatic nitrogens is 1. The molecule has 3 aromatic rings. The molecule has 7 heteroatoms. The summed E-state index contributed by atoms with van der Waals surface area (Å²) in [4.78, 5) is 15.8. The van der Waals surface area contributed by atoms with Crippen LogP contribution in [-0.2, 0) is 11.3 Å². The van der Waals surface area contributed by atoms with Gasteiger partial charge in [0, 0.05) is 11.9 Å². The summed E-state index contributed by atoms with van der Waals surface area (Å²) < 4.78 is 30.5. The van der Waals surface area contributed by atoms with E-state index in [1.54, 1.807) is 27.4 Å². The third-order valence-electron chi connectivity index (χ3n) is 5.93. The zero-order chi connectivity index (χ0) is 24.2. The first-order chi connectivity index (χ1) is 16.4. The molecule has 0 radical (unpaired) electrons. The molecule has 4 rings (SSSR count). The lowest BCUT2D eigenvalue weighted by molar-refractivity contribution is -0.120. The summed E-state index contributed by atoms with van der Waals surface area (Å²) in [7, 11) is 4.69. The van der Waals surface area contributed by atoms with E-state index in [0.29, 0.717) is 23.8 Å². The highest BCUT2D eigenvalue weighted by atomic mass is 19.1. The van der Waals surface area contributed by atoms with Crippen molar-refractivity contribution in [1.29, 1.82) is 0 Å². The molecule has 1 aliphatic rings. The first-order valence-electron chi connectivity index (χ1n) is 10.9. The number of allylic oxidation sites excluding steroid dienone is 2. The number of hydrogen-bond acceptors (Lipinski definition) is 4. The Kier molecular flexibility index (Phi) is 6.72. The van der Waals surface area contributed by atoms with E-state index in [1.807, 2.05) is 43.5 Å². The van der Waals surface area contributed by atoms with Gasteiger partial charge in [-0.05, 0) is 82.8 Å². The van der Waals surface area contributed by atoms with E-state index in [9.17, 15) is 9.18 Å². The van der Waals surface area contributed by atoms with Crippen LogP contribution in [0.25, 0.3) is 17.2 Å². The van der Waals surface area contributed by atoms with E-state index < -0.39 is 0 Å². The van der Waals surface area contributed by atoms with Gasteiger partial charge in [-0.25, -0.2) is 4.39 Å². The SMILES string of the molecule is COc1cc(/C=C2/C(C)=C(CC(=O)NCc3ccc[nH]3)c3cc(F)ccc32)cc(OC)c1OC. The van der Waals surface area contributed by atoms with E-state index in [-0.39, 0.29) is 18.1 Å². The Morgan fingerprint density at radius 3 is 2.38 bits per heavy atom. The molecule has 176 valence electrons. The third kappa shape index (κ3) is 4.55. The van der Waals surface area contributed by atoms with Gasteiger partial charge in [-0.3, -0.25) is 4.79 Å². The molecule has 0 saturated carbocycles. The summed E-state index contributed by atoms with van der Waals surface area (Å²) in [5, 5.41) is 2.92. The molecule has 0 bridgehead atoms. The monoisotopic (exact) mass is 462 g/mol. The highest BCUT2D eigenvalue weighted by molar-refractivity contribution is 6.08. The van der Waals surface area contributed by atoms with E-state index in [1.165, 1.54) is 12.1 Å². The highest BCUT2D eigenvalue weighted by Gasteiger charge is 2.26. The first kappa shape index (κ1) is 23.2. The van der Waals surface area contributed by atoms with Gasteiger partial charge in [-0.15, -0.1) is 0 Å². The van der Waals surface area contributed by atoms with Gasteiger partial charge in [0.05, 0.1) is 34.3 Å². The van der Waals surface area contributed by atoms with Gasteiger partial charge in [0.1, 0.15) is 5.82 Å². The van der Waals surface area contributed by atoms with Crippen LogP contribution in [0.5, 0.6) is 17.2 Å². The minimum atomic E-state index is -0.343. The Morgan fingerprint density at radius 1 is 1.03 bits per heavy atom. The molecule has 0 spiro atoms. The van der Waals surface area contributed by atoms with Gasteiger partial charge >= 0.3 is 0 Å². The second kappa shape index (κ2) is 9.87. The molecule has 2 N–H and O–H groups in total. The smallest absolute Gasteiger partial charge is 0.224 e. The second-order valence-corrected chi connectivity index (χ2v) is 7.96. The van der Waals surface area contributed by atoms with Crippen molar-refractivity contribution in [2.45, 2.75) is 19.9 Å². The maximum atomic E-state index is 14.2. The maximum Gasteiger partial charge on any atom is 0.224 e. The summed E-state index contributed by atoms with van der Waals surface area (Å²) >= 11 is 0. The molecule has 1 aromatic heterocycles. The van der Waals surface area contributed by atoms with Crippen molar-refractivity contribution in [3.63, 3.8) is 0 Å². The van der Waals surface area contributed by atoms with Crippen LogP contribution in [0.3, 0.4) is 0 Å². The lowest BCUT2D eigenvalue weighted by Crippen LogP contribution is -2.22. The number of hydrogen-bond donors (Lipinski definition) is 2. The zero-order valence-electron chi connectivity index (χ0n) is 19.6. The molecule has 0 aliphatic heterocycles. The van der Waals surface area contributed by atoms with E-state index in [2.05, 4.69) is 10.3 Å². The number of amides is 1. The van der Waals surface area contributed by atoms with Crippen molar-refractivity contribution >= 4 is 23.1 Å². The standard InChI is InChI=1S/C27H27FN2O4/c1-16-21(10-17-11-24(32-2)27(34-4)25(12-17)33-3)20-8-7-18(28)13-23(20)22(16)14-26(31)30-15-19-6-5-9-29-19/h5-13,29H,14-15H2,1-4H3,(H,30,31)/b21-10-. The predicted octanol–water partition coefficient (Wildman–Crippen LogP) is 5.21. The number of rotatable bonds is 8. The summed E-state index contributed by atoms with van der Waals surface area (Å²) in [5.74, 6) is 1.11. The fraction of sp³-hybridized carbons (Fsp3) is 0.222. The van der Waals surface area contributed by atoms with Crippen molar-refractivity contribution in [1.82, 2.24) is 10.3 Å². The van der Waals surface area contributed by atoms with Crippen LogP contribution in [0.15, 0.2) is 54.2 Å². The summed E-state index contributed by atoms with van der Waals surface area (Å²) in [5.41, 5.74) is 5.99. The van der Waals surface area contributed by atoms with Gasteiger partial charge in [-0.1, -0.05) is 6.07 Å². The number of ether oxygens (including phenoxy) is 3. The minimum Gasteiger partial charge on any atom is -0.493 e. The number of carbonyl (C=O) groups is 1. The van der Waals surface area contributed by atoms with Crippen molar-refractivity contribution in [2.75, 3.05) is 21.3 Å².